The number of esters is 2. The van der Waals surface area contributed by atoms with Gasteiger partial charge in [-0.05, 0) is 12.8 Å². The molecule has 0 spiro atoms. The van der Waals surface area contributed by atoms with Gasteiger partial charge < -0.3 is 0 Å². The molecule has 0 saturated carbocycles. The molecule has 0 radical (unpaired) electrons. The van der Waals surface area contributed by atoms with Crippen LogP contribution in [0.4, 0.5) is 0 Å². The predicted octanol–water partition coefficient (Wildman–Crippen LogP) is 16.9. The number of carbonyl (C=O) groups is 5. The van der Waals surface area contributed by atoms with Gasteiger partial charge in [-0.25, -0.2) is 0 Å². The predicted molar refractivity (Wildman–Crippen MR) is 320 cm³/mol. The molecule has 1 aromatic rings. The Hall–Kier alpha value is -2.32. The third-order valence-corrected chi connectivity index (χ3v) is 21.8. The molecule has 0 atom stereocenters. The van der Waals surface area contributed by atoms with Crippen molar-refractivity contribution in [1.82, 2.24) is 15.1 Å². The van der Waals surface area contributed by atoms with Gasteiger partial charge in [0.15, 0.2) is 0 Å². The summed E-state index contributed by atoms with van der Waals surface area (Å²) in [6.07, 6.45) is 38.9. The number of carbonyl (C=O) groups excluding carboxylic acids is 5. The Morgan fingerprint density at radius 3 is 1.69 bits per heavy atom. The van der Waals surface area contributed by atoms with Crippen molar-refractivity contribution in [2.24, 2.45) is 5.92 Å². The van der Waals surface area contributed by atoms with Gasteiger partial charge in [0.1, 0.15) is 0 Å². The summed E-state index contributed by atoms with van der Waals surface area (Å²) in [5.74, 6) is -0.235. The van der Waals surface area contributed by atoms with E-state index in [2.05, 4.69) is 44.5 Å². The summed E-state index contributed by atoms with van der Waals surface area (Å²) >= 11 is -1.15. The van der Waals surface area contributed by atoms with Crippen LogP contribution < -0.4 is 5.32 Å². The standard InChI is InChI=1S/C62H110IN3O7S/c1-8-13-17-21-25-30-39-52(40-31-26-22-18-14-9-2)62(71)72-50-37-29-34-44-57(68)66-49-46-54-55(51-66)74-60(59(54)61(70)64-47-38-48-65(6)7)63(12-5)56(67)43-35-36-45-58(69)73-53(41-32-27-23-19-15-10-3)42-33-28-24-20-16-11-4/h12,52-53H,5,8-11,13-51H2,1-4,6-7H3,(H,64,70). The van der Waals surface area contributed by atoms with Crippen molar-refractivity contribution in [3.8, 4) is 0 Å². The normalized spacial score (nSPS) is 12.7. The van der Waals surface area contributed by atoms with E-state index in [1.54, 1.807) is 11.3 Å². The molecule has 1 aliphatic rings. The van der Waals surface area contributed by atoms with Crippen molar-refractivity contribution >= 4 is 58.7 Å². The van der Waals surface area contributed by atoms with E-state index in [1.807, 2.05) is 23.1 Å². The van der Waals surface area contributed by atoms with Crippen LogP contribution in [0.3, 0.4) is 0 Å². The molecule has 428 valence electrons. The third-order valence-electron chi connectivity index (χ3n) is 14.7. The zero-order valence-corrected chi connectivity index (χ0v) is 51.4. The first-order chi connectivity index (χ1) is 36.0. The molecule has 10 nitrogen and oxygen atoms in total. The van der Waals surface area contributed by atoms with Gasteiger partial charge in [-0.3, -0.25) is 4.79 Å². The average molecular weight is 1170 g/mol. The summed E-state index contributed by atoms with van der Waals surface area (Å²) in [5.41, 5.74) is 1.62. The van der Waals surface area contributed by atoms with Crippen molar-refractivity contribution in [2.75, 3.05) is 40.3 Å². The summed E-state index contributed by atoms with van der Waals surface area (Å²) in [6.45, 7) is 15.9. The van der Waals surface area contributed by atoms with Crippen molar-refractivity contribution in [1.29, 1.82) is 0 Å². The number of halogens is 1. The quantitative estimate of drug-likeness (QED) is 0.0296. The Morgan fingerprint density at radius 1 is 0.649 bits per heavy atom. The fourth-order valence-electron chi connectivity index (χ4n) is 10.1. The second kappa shape index (κ2) is 44.6. The van der Waals surface area contributed by atoms with Gasteiger partial charge in [0.2, 0.25) is 0 Å². The van der Waals surface area contributed by atoms with E-state index in [0.29, 0.717) is 70.3 Å². The van der Waals surface area contributed by atoms with Crippen LogP contribution in [0.1, 0.15) is 286 Å². The number of nitrogens with zero attached hydrogens (tertiary/aromatic N) is 2. The first-order valence-corrected chi connectivity index (χ1v) is 34.8. The minimum absolute atomic E-state index is 0.00683. The second-order valence-electron chi connectivity index (χ2n) is 21.7. The molecular formula is C62H110IN3O7S. The number of rotatable bonds is 49. The summed E-state index contributed by atoms with van der Waals surface area (Å²) in [7, 11) is 4.04. The number of unbranched alkanes of at least 4 members (excludes halogenated alkanes) is 23. The van der Waals surface area contributed by atoms with Crippen molar-refractivity contribution in [3.63, 3.8) is 0 Å². The summed E-state index contributed by atoms with van der Waals surface area (Å²) in [6, 6.07) is 0. The second-order valence-corrected chi connectivity index (χ2v) is 28.5. The first-order valence-electron chi connectivity index (χ1n) is 30.6. The monoisotopic (exact) mass is 1170 g/mol. The molecule has 74 heavy (non-hydrogen) atoms. The molecule has 12 heteroatoms. The van der Waals surface area contributed by atoms with Crippen LogP contribution >= 0.6 is 31.2 Å². The molecule has 0 aliphatic carbocycles. The minimum atomic E-state index is -2.69. The Bertz CT molecular complexity index is 1640. The van der Waals surface area contributed by atoms with Crippen molar-refractivity contribution < 1.29 is 33.4 Å². The Labute approximate surface area is 464 Å². The Kier molecular flexibility index (Phi) is 40.9. The van der Waals surface area contributed by atoms with Crippen LogP contribution in [0.5, 0.6) is 0 Å². The van der Waals surface area contributed by atoms with Crippen LogP contribution in [0.25, 0.3) is 0 Å². The molecule has 1 aliphatic heterocycles. The summed E-state index contributed by atoms with van der Waals surface area (Å²) in [4.78, 5) is 73.2. The molecule has 1 N–H and O–H groups in total. The third kappa shape index (κ3) is 30.6. The van der Waals surface area contributed by atoms with Gasteiger partial charge in [-0.15, -0.1) is 0 Å². The van der Waals surface area contributed by atoms with Crippen molar-refractivity contribution in [2.45, 2.75) is 284 Å². The van der Waals surface area contributed by atoms with E-state index in [1.165, 1.54) is 128 Å². The van der Waals surface area contributed by atoms with Gasteiger partial charge in [0, 0.05) is 0 Å². The first kappa shape index (κ1) is 67.8. The molecule has 2 amide bonds. The number of nitrogens with one attached hydrogen (secondary N) is 1. The number of hydrogen-bond acceptors (Lipinski definition) is 9. The van der Waals surface area contributed by atoms with Gasteiger partial charge in [-0.1, -0.05) is 143 Å². The Morgan fingerprint density at radius 2 is 1.15 bits per heavy atom. The number of hydrogen-bond donors (Lipinski definition) is 1. The van der Waals surface area contributed by atoms with Crippen LogP contribution in [0.2, 0.25) is 0 Å². The zero-order valence-electron chi connectivity index (χ0n) is 48.4. The average Bonchev–Trinajstić information content (AvgIpc) is 3.76. The van der Waals surface area contributed by atoms with Crippen molar-refractivity contribution in [3.05, 3.63) is 29.5 Å². The van der Waals surface area contributed by atoms with E-state index in [-0.39, 0.29) is 39.6 Å². The maximum atomic E-state index is 14.1. The van der Waals surface area contributed by atoms with E-state index in [9.17, 15) is 24.0 Å². The van der Waals surface area contributed by atoms with E-state index in [4.69, 9.17) is 9.47 Å². The van der Waals surface area contributed by atoms with Crippen LogP contribution in [0.15, 0.2) is 10.7 Å². The van der Waals surface area contributed by atoms with E-state index >= 15 is 0 Å². The topological polar surface area (TPSA) is 122 Å². The zero-order chi connectivity index (χ0) is 54.0. The summed E-state index contributed by atoms with van der Waals surface area (Å²) < 4.78 is 14.8. The number of amides is 2. The molecule has 2 rings (SSSR count). The van der Waals surface area contributed by atoms with Gasteiger partial charge in [0.05, 0.1) is 5.92 Å². The fourth-order valence-corrected chi connectivity index (χ4v) is 17.3. The molecule has 0 bridgehead atoms. The molecule has 0 aromatic carbocycles. The van der Waals surface area contributed by atoms with E-state index in [0.717, 1.165) is 96.9 Å². The molecule has 0 fully saturated rings. The molecular weight excluding hydrogens is 1060 g/mol. The van der Waals surface area contributed by atoms with Crippen LogP contribution in [-0.2, 0) is 41.6 Å². The van der Waals surface area contributed by atoms with Crippen LogP contribution in [0, 0.1) is 8.80 Å². The number of fused-ring (bicyclic) bond motifs is 1. The number of thiophene rings is 1. The van der Waals surface area contributed by atoms with Crippen LogP contribution in [-0.4, -0.2) is 83.8 Å². The van der Waals surface area contributed by atoms with Gasteiger partial charge in [-0.2, -0.15) is 0 Å². The fraction of sp³-hybridized carbons (Fsp3) is 0.823. The Balaban J connectivity index is 1.99. The molecule has 0 saturated heterocycles. The molecule has 0 unspecified atom stereocenters. The van der Waals surface area contributed by atoms with Gasteiger partial charge >= 0.3 is 301 Å². The number of ether oxygens (including phenoxy) is 2. The molecule has 2 heterocycles. The molecule has 1 aromatic heterocycles. The maximum absolute atomic E-state index is 14.1. The van der Waals surface area contributed by atoms with Gasteiger partial charge in [0.25, 0.3) is 0 Å². The summed E-state index contributed by atoms with van der Waals surface area (Å²) in [5, 5.41) is 3.16. The SMILES string of the molecule is C=CI(C(=O)CCCCC(=O)OC(CCCCCCCC)CCCCCCCC)c1sc2c(c1C(=O)NCCCN(C)C)CCN(C(=O)CCCCCOC(=O)C(CCCCCCCC)CCCCCCCC)C2. The van der Waals surface area contributed by atoms with E-state index < -0.39 is 19.8 Å².